The van der Waals surface area contributed by atoms with Gasteiger partial charge in [0.1, 0.15) is 0 Å². The Kier molecular flexibility index (Phi) is 7.07. The Labute approximate surface area is 316 Å². The minimum Gasteiger partial charge on any atom is -0.296 e. The molecule has 6 heteroatoms. The minimum absolute atomic E-state index is 0.603. The molecule has 0 atom stereocenters. The third kappa shape index (κ3) is 5.15. The van der Waals surface area contributed by atoms with Crippen molar-refractivity contribution in [2.75, 3.05) is 0 Å². The first kappa shape index (κ1) is 31.0. The molecule has 0 saturated heterocycles. The molecule has 0 aliphatic heterocycles. The standard InChI is InChI=1S/C49H30N6/c1-2-12-31(13-3-1)45-46(55-27-26-50-30-44(55)51-45)32-22-24-33(25-23-32)47-52-48(42-28-34-14-4-6-16-36(34)38-18-8-10-20-40(38)42)54-49(53-47)43-29-35-15-5-7-17-37(35)39-19-9-11-21-41(39)43/h1-30H. The molecule has 0 unspecified atom stereocenters. The second-order valence-corrected chi connectivity index (χ2v) is 13.7. The zero-order valence-corrected chi connectivity index (χ0v) is 29.5. The summed E-state index contributed by atoms with van der Waals surface area (Å²) in [6.07, 6.45) is 5.55. The summed E-state index contributed by atoms with van der Waals surface area (Å²) in [6.45, 7) is 0. The average Bonchev–Trinajstić information content (AvgIpc) is 3.66. The van der Waals surface area contributed by atoms with E-state index in [0.717, 1.165) is 77.2 Å². The van der Waals surface area contributed by atoms with Gasteiger partial charge in [-0.15, -0.1) is 0 Å². The second-order valence-electron chi connectivity index (χ2n) is 13.7. The van der Waals surface area contributed by atoms with Crippen molar-refractivity contribution in [1.29, 1.82) is 0 Å². The highest BCUT2D eigenvalue weighted by atomic mass is 15.0. The highest BCUT2D eigenvalue weighted by molar-refractivity contribution is 6.14. The van der Waals surface area contributed by atoms with E-state index in [0.29, 0.717) is 17.5 Å². The maximum Gasteiger partial charge on any atom is 0.164 e. The normalized spacial score (nSPS) is 11.6. The molecular formula is C49H30N6. The van der Waals surface area contributed by atoms with Crippen molar-refractivity contribution >= 4 is 48.7 Å². The van der Waals surface area contributed by atoms with Gasteiger partial charge in [-0.25, -0.2) is 19.9 Å². The van der Waals surface area contributed by atoms with Gasteiger partial charge >= 0.3 is 0 Å². The lowest BCUT2D eigenvalue weighted by Crippen LogP contribution is -2.01. The van der Waals surface area contributed by atoms with Crippen LogP contribution in [0.1, 0.15) is 0 Å². The molecule has 0 aliphatic rings. The van der Waals surface area contributed by atoms with Crippen LogP contribution in [0.4, 0.5) is 0 Å². The highest BCUT2D eigenvalue weighted by Crippen LogP contribution is 2.39. The monoisotopic (exact) mass is 702 g/mol. The predicted octanol–water partition coefficient (Wildman–Crippen LogP) is 11.9. The Morgan fingerprint density at radius 1 is 0.382 bits per heavy atom. The lowest BCUT2D eigenvalue weighted by atomic mass is 9.96. The number of hydrogen-bond donors (Lipinski definition) is 0. The van der Waals surface area contributed by atoms with Gasteiger partial charge in [0.2, 0.25) is 0 Å². The predicted molar refractivity (Wildman–Crippen MR) is 224 cm³/mol. The lowest BCUT2D eigenvalue weighted by Gasteiger charge is -2.14. The third-order valence-electron chi connectivity index (χ3n) is 10.5. The number of aromatic nitrogens is 6. The summed E-state index contributed by atoms with van der Waals surface area (Å²) in [7, 11) is 0. The van der Waals surface area contributed by atoms with Crippen molar-refractivity contribution in [2.45, 2.75) is 0 Å². The van der Waals surface area contributed by atoms with Gasteiger partial charge in [0.15, 0.2) is 23.1 Å². The first-order chi connectivity index (χ1) is 27.3. The SMILES string of the molecule is c1ccc(-c2nc3cnccn3c2-c2ccc(-c3nc(-c4cc5ccccc5c5ccccc45)nc(-c4cc5ccccc5c5ccccc45)n3)cc2)cc1. The Bertz CT molecular complexity index is 3120. The van der Waals surface area contributed by atoms with E-state index in [1.54, 1.807) is 12.4 Å². The summed E-state index contributed by atoms with van der Waals surface area (Å²) in [5.41, 5.74) is 7.58. The zero-order chi connectivity index (χ0) is 36.3. The van der Waals surface area contributed by atoms with Gasteiger partial charge < -0.3 is 0 Å². The Hall–Kier alpha value is -7.57. The molecule has 0 amide bonds. The van der Waals surface area contributed by atoms with Crippen LogP contribution in [0.3, 0.4) is 0 Å². The van der Waals surface area contributed by atoms with E-state index >= 15 is 0 Å². The van der Waals surface area contributed by atoms with Gasteiger partial charge in [0, 0.05) is 40.2 Å². The largest absolute Gasteiger partial charge is 0.296 e. The first-order valence-electron chi connectivity index (χ1n) is 18.3. The van der Waals surface area contributed by atoms with Crippen molar-refractivity contribution in [3.63, 3.8) is 0 Å². The fourth-order valence-electron chi connectivity index (χ4n) is 7.98. The Morgan fingerprint density at radius 2 is 0.873 bits per heavy atom. The molecule has 8 aromatic carbocycles. The van der Waals surface area contributed by atoms with Crippen LogP contribution in [0.5, 0.6) is 0 Å². The van der Waals surface area contributed by atoms with Crippen molar-refractivity contribution in [1.82, 2.24) is 29.3 Å². The van der Waals surface area contributed by atoms with E-state index in [1.165, 1.54) is 10.8 Å². The highest BCUT2D eigenvalue weighted by Gasteiger charge is 2.20. The van der Waals surface area contributed by atoms with E-state index in [4.69, 9.17) is 19.9 Å². The molecule has 0 saturated carbocycles. The summed E-state index contributed by atoms with van der Waals surface area (Å²) in [5.74, 6) is 1.86. The number of nitrogens with zero attached hydrogens (tertiary/aromatic N) is 6. The molecule has 256 valence electrons. The summed E-state index contributed by atoms with van der Waals surface area (Å²) in [4.78, 5) is 25.2. The van der Waals surface area contributed by atoms with Gasteiger partial charge in [0.05, 0.1) is 17.6 Å². The quantitative estimate of drug-likeness (QED) is 0.167. The zero-order valence-electron chi connectivity index (χ0n) is 29.5. The molecule has 0 N–H and O–H groups in total. The summed E-state index contributed by atoms with van der Waals surface area (Å²) in [5, 5.41) is 9.19. The molecule has 6 nitrogen and oxygen atoms in total. The molecule has 0 aliphatic carbocycles. The Morgan fingerprint density at radius 3 is 1.47 bits per heavy atom. The van der Waals surface area contributed by atoms with Crippen LogP contribution >= 0.6 is 0 Å². The molecule has 0 bridgehead atoms. The van der Waals surface area contributed by atoms with Crippen LogP contribution in [0.2, 0.25) is 0 Å². The van der Waals surface area contributed by atoms with Gasteiger partial charge in [-0.05, 0) is 55.2 Å². The van der Waals surface area contributed by atoms with Gasteiger partial charge in [-0.2, -0.15) is 0 Å². The maximum absolute atomic E-state index is 5.31. The fourth-order valence-corrected chi connectivity index (χ4v) is 7.98. The summed E-state index contributed by atoms with van der Waals surface area (Å²) < 4.78 is 2.10. The van der Waals surface area contributed by atoms with Crippen molar-refractivity contribution in [2.24, 2.45) is 0 Å². The van der Waals surface area contributed by atoms with Crippen LogP contribution in [-0.4, -0.2) is 29.3 Å². The molecule has 3 aromatic heterocycles. The van der Waals surface area contributed by atoms with E-state index in [2.05, 4.69) is 155 Å². The number of benzene rings is 8. The van der Waals surface area contributed by atoms with Gasteiger partial charge in [0.25, 0.3) is 0 Å². The molecule has 3 heterocycles. The fraction of sp³-hybridized carbons (Fsp3) is 0. The van der Waals surface area contributed by atoms with Crippen LogP contribution in [0.15, 0.2) is 182 Å². The number of hydrogen-bond acceptors (Lipinski definition) is 5. The van der Waals surface area contributed by atoms with E-state index in [-0.39, 0.29) is 0 Å². The maximum atomic E-state index is 5.31. The van der Waals surface area contributed by atoms with Crippen LogP contribution < -0.4 is 0 Å². The molecule has 55 heavy (non-hydrogen) atoms. The van der Waals surface area contributed by atoms with Crippen molar-refractivity contribution < 1.29 is 0 Å². The second kappa shape index (κ2) is 12.5. The van der Waals surface area contributed by atoms with Crippen LogP contribution in [0, 0.1) is 0 Å². The molecule has 0 spiro atoms. The molecule has 0 radical (unpaired) electrons. The summed E-state index contributed by atoms with van der Waals surface area (Å²) in [6, 6.07) is 57.2. The van der Waals surface area contributed by atoms with E-state index < -0.39 is 0 Å². The Balaban J connectivity index is 1.14. The van der Waals surface area contributed by atoms with Gasteiger partial charge in [-0.3, -0.25) is 9.38 Å². The molecular weight excluding hydrogens is 673 g/mol. The lowest BCUT2D eigenvalue weighted by molar-refractivity contribution is 1.08. The molecule has 0 fully saturated rings. The average molecular weight is 703 g/mol. The van der Waals surface area contributed by atoms with E-state index in [1.807, 2.05) is 24.4 Å². The number of rotatable bonds is 5. The molecule has 11 rings (SSSR count). The van der Waals surface area contributed by atoms with E-state index in [9.17, 15) is 0 Å². The van der Waals surface area contributed by atoms with Crippen LogP contribution in [0.25, 0.3) is 105 Å². The first-order valence-corrected chi connectivity index (χ1v) is 18.3. The molecule has 11 aromatic rings. The number of imidazole rings is 1. The smallest absolute Gasteiger partial charge is 0.164 e. The topological polar surface area (TPSA) is 68.9 Å². The van der Waals surface area contributed by atoms with Crippen molar-refractivity contribution in [3.05, 3.63) is 182 Å². The van der Waals surface area contributed by atoms with Crippen molar-refractivity contribution in [3.8, 4) is 56.7 Å². The minimum atomic E-state index is 0.603. The summed E-state index contributed by atoms with van der Waals surface area (Å²) >= 11 is 0. The van der Waals surface area contributed by atoms with Crippen LogP contribution in [-0.2, 0) is 0 Å². The third-order valence-corrected chi connectivity index (χ3v) is 10.5. The number of fused-ring (bicyclic) bond motifs is 7. The van der Waals surface area contributed by atoms with Gasteiger partial charge in [-0.1, -0.05) is 152 Å².